The topological polar surface area (TPSA) is 62.6 Å². The molecule has 23 heavy (non-hydrogen) atoms. The van der Waals surface area contributed by atoms with E-state index in [-0.39, 0.29) is 17.7 Å². The molecule has 2 fully saturated rings. The number of ketones is 1. The fraction of sp³-hybridized carbons (Fsp3) is 0.444. The number of Topliss-reactive ketones (excluding diaryl/α,β-unsaturated/α-hetero) is 1. The molecule has 0 radical (unpaired) electrons. The minimum absolute atomic E-state index is 0.0693. The summed E-state index contributed by atoms with van der Waals surface area (Å²) in [6, 6.07) is 7.27. The highest BCUT2D eigenvalue weighted by Gasteiger charge is 2.33. The smallest absolute Gasteiger partial charge is 0.251 e. The zero-order valence-electron chi connectivity index (χ0n) is 13.2. The molecule has 4 rings (SSSR count). The number of hydrogen-bond acceptors (Lipinski definition) is 4. The van der Waals surface area contributed by atoms with Crippen LogP contribution in [-0.2, 0) is 0 Å². The maximum atomic E-state index is 12.5. The summed E-state index contributed by atoms with van der Waals surface area (Å²) in [5.41, 5.74) is 1.16. The number of nitrogens with zero attached hydrogens (tertiary/aromatic N) is 1. The number of hydrogen-bond donors (Lipinski definition) is 1. The van der Waals surface area contributed by atoms with E-state index in [9.17, 15) is 9.59 Å². The molecule has 120 valence electrons. The molecule has 3 atom stereocenters. The molecular formula is C18H20N2O3. The third kappa shape index (κ3) is 2.77. The second-order valence-electron chi connectivity index (χ2n) is 6.74. The SMILES string of the molecule is CC(=O)c1cc2ccc(C(=O)N[C@@H]3C[C@H]4CCN(C4)C3)cc2o1. The first kappa shape index (κ1) is 14.5. The van der Waals surface area contributed by atoms with E-state index in [2.05, 4.69) is 10.2 Å². The van der Waals surface area contributed by atoms with E-state index in [0.717, 1.165) is 30.8 Å². The molecule has 5 heteroatoms. The van der Waals surface area contributed by atoms with Crippen molar-refractivity contribution in [2.24, 2.45) is 5.92 Å². The van der Waals surface area contributed by atoms with Gasteiger partial charge in [0, 0.05) is 37.0 Å². The Morgan fingerprint density at radius 2 is 2.13 bits per heavy atom. The fourth-order valence-electron chi connectivity index (χ4n) is 3.78. The Balaban J connectivity index is 1.51. The maximum absolute atomic E-state index is 12.5. The van der Waals surface area contributed by atoms with Crippen LogP contribution in [0.5, 0.6) is 0 Å². The number of piperidine rings is 1. The van der Waals surface area contributed by atoms with Crippen molar-refractivity contribution in [3.8, 4) is 0 Å². The molecule has 2 aliphatic heterocycles. The van der Waals surface area contributed by atoms with Crippen molar-refractivity contribution >= 4 is 22.7 Å². The zero-order valence-corrected chi connectivity index (χ0v) is 13.2. The summed E-state index contributed by atoms with van der Waals surface area (Å²) >= 11 is 0. The lowest BCUT2D eigenvalue weighted by atomic mass is 9.96. The predicted molar refractivity (Wildman–Crippen MR) is 86.6 cm³/mol. The third-order valence-corrected chi connectivity index (χ3v) is 4.93. The van der Waals surface area contributed by atoms with Gasteiger partial charge in [-0.2, -0.15) is 0 Å². The number of carbonyl (C=O) groups excluding carboxylic acids is 2. The average molecular weight is 312 g/mol. The minimum Gasteiger partial charge on any atom is -0.453 e. The van der Waals surface area contributed by atoms with Gasteiger partial charge in [-0.15, -0.1) is 0 Å². The molecule has 0 saturated carbocycles. The van der Waals surface area contributed by atoms with E-state index in [1.54, 1.807) is 18.2 Å². The fourth-order valence-corrected chi connectivity index (χ4v) is 3.78. The van der Waals surface area contributed by atoms with E-state index in [1.165, 1.54) is 19.9 Å². The van der Waals surface area contributed by atoms with Crippen LogP contribution in [0, 0.1) is 5.92 Å². The molecule has 2 bridgehead atoms. The van der Waals surface area contributed by atoms with Crippen LogP contribution in [0.1, 0.15) is 40.7 Å². The highest BCUT2D eigenvalue weighted by molar-refractivity contribution is 6.00. The first-order valence-corrected chi connectivity index (χ1v) is 8.16. The molecule has 2 aliphatic rings. The summed E-state index contributed by atoms with van der Waals surface area (Å²) in [5.74, 6) is 0.869. The lowest BCUT2D eigenvalue weighted by Gasteiger charge is -2.30. The van der Waals surface area contributed by atoms with Crippen molar-refractivity contribution in [2.45, 2.75) is 25.8 Å². The Hall–Kier alpha value is -2.14. The van der Waals surface area contributed by atoms with Gasteiger partial charge in [0.1, 0.15) is 5.58 Å². The number of fused-ring (bicyclic) bond motifs is 3. The van der Waals surface area contributed by atoms with Crippen LogP contribution in [0.2, 0.25) is 0 Å². The number of furan rings is 1. The number of rotatable bonds is 3. The molecule has 5 nitrogen and oxygen atoms in total. The summed E-state index contributed by atoms with van der Waals surface area (Å²) in [6.45, 7) is 4.75. The quantitative estimate of drug-likeness (QED) is 0.884. The number of nitrogens with one attached hydrogen (secondary N) is 1. The van der Waals surface area contributed by atoms with Crippen LogP contribution in [0.25, 0.3) is 11.0 Å². The van der Waals surface area contributed by atoms with Crippen LogP contribution < -0.4 is 5.32 Å². The molecule has 2 aromatic rings. The van der Waals surface area contributed by atoms with Gasteiger partial charge in [0.25, 0.3) is 5.91 Å². The largest absolute Gasteiger partial charge is 0.453 e. The summed E-state index contributed by atoms with van der Waals surface area (Å²) in [5, 5.41) is 3.98. The van der Waals surface area contributed by atoms with E-state index in [4.69, 9.17) is 4.42 Å². The summed E-state index contributed by atoms with van der Waals surface area (Å²) in [4.78, 5) is 26.3. The van der Waals surface area contributed by atoms with Gasteiger partial charge >= 0.3 is 0 Å². The lowest BCUT2D eigenvalue weighted by molar-refractivity contribution is 0.0909. The van der Waals surface area contributed by atoms with Gasteiger partial charge in [-0.05, 0) is 43.5 Å². The highest BCUT2D eigenvalue weighted by atomic mass is 16.3. The maximum Gasteiger partial charge on any atom is 0.251 e. The van der Waals surface area contributed by atoms with Crippen molar-refractivity contribution in [1.82, 2.24) is 10.2 Å². The van der Waals surface area contributed by atoms with Gasteiger partial charge in [-0.1, -0.05) is 6.07 Å². The lowest BCUT2D eigenvalue weighted by Crippen LogP contribution is -2.47. The molecule has 1 aromatic carbocycles. The Bertz CT molecular complexity index is 768. The van der Waals surface area contributed by atoms with Crippen molar-refractivity contribution in [2.75, 3.05) is 19.6 Å². The minimum atomic E-state index is -0.112. The van der Waals surface area contributed by atoms with Crippen molar-refractivity contribution < 1.29 is 14.0 Å². The molecule has 1 amide bonds. The van der Waals surface area contributed by atoms with Crippen molar-refractivity contribution in [1.29, 1.82) is 0 Å². The highest BCUT2D eigenvalue weighted by Crippen LogP contribution is 2.27. The second kappa shape index (κ2) is 5.49. The van der Waals surface area contributed by atoms with Gasteiger partial charge < -0.3 is 14.6 Å². The molecule has 3 heterocycles. The van der Waals surface area contributed by atoms with Crippen LogP contribution >= 0.6 is 0 Å². The van der Waals surface area contributed by atoms with E-state index in [1.807, 2.05) is 6.07 Å². The zero-order chi connectivity index (χ0) is 16.0. The van der Waals surface area contributed by atoms with Crippen molar-refractivity contribution in [3.63, 3.8) is 0 Å². The molecule has 1 aromatic heterocycles. The second-order valence-corrected chi connectivity index (χ2v) is 6.74. The summed E-state index contributed by atoms with van der Waals surface area (Å²) < 4.78 is 5.52. The number of benzene rings is 1. The number of amides is 1. The Labute approximate surface area is 134 Å². The molecule has 0 aliphatic carbocycles. The van der Waals surface area contributed by atoms with Crippen LogP contribution in [0.3, 0.4) is 0 Å². The standard InChI is InChI=1S/C18H20N2O3/c1-11(21)16-7-13-2-3-14(8-17(13)23-16)18(22)19-15-6-12-4-5-20(9-12)10-15/h2-3,7-8,12,15H,4-6,9-10H2,1H3,(H,19,22)/t12-,15-/m1/s1. The first-order valence-electron chi connectivity index (χ1n) is 8.16. The van der Waals surface area contributed by atoms with Crippen molar-refractivity contribution in [3.05, 3.63) is 35.6 Å². The van der Waals surface area contributed by atoms with Gasteiger partial charge in [-0.3, -0.25) is 9.59 Å². The predicted octanol–water partition coefficient (Wildman–Crippen LogP) is 2.46. The van der Waals surface area contributed by atoms with Crippen LogP contribution in [-0.4, -0.2) is 42.3 Å². The van der Waals surface area contributed by atoms with E-state index >= 15 is 0 Å². The summed E-state index contributed by atoms with van der Waals surface area (Å²) in [7, 11) is 0. The normalized spacial score (nSPS) is 26.4. The van der Waals surface area contributed by atoms with Gasteiger partial charge in [0.2, 0.25) is 0 Å². The monoisotopic (exact) mass is 312 g/mol. The Kier molecular flexibility index (Phi) is 3.45. The Morgan fingerprint density at radius 1 is 1.26 bits per heavy atom. The first-order chi connectivity index (χ1) is 11.1. The van der Waals surface area contributed by atoms with Crippen LogP contribution in [0.4, 0.5) is 0 Å². The Morgan fingerprint density at radius 3 is 2.91 bits per heavy atom. The summed E-state index contributed by atoms with van der Waals surface area (Å²) in [6.07, 6.45) is 2.32. The van der Waals surface area contributed by atoms with Gasteiger partial charge in [0.15, 0.2) is 11.5 Å². The molecular weight excluding hydrogens is 292 g/mol. The number of carbonyl (C=O) groups is 2. The third-order valence-electron chi connectivity index (χ3n) is 4.93. The molecule has 1 N–H and O–H groups in total. The van der Waals surface area contributed by atoms with Gasteiger partial charge in [-0.25, -0.2) is 0 Å². The molecule has 0 spiro atoms. The van der Waals surface area contributed by atoms with Crippen LogP contribution in [0.15, 0.2) is 28.7 Å². The van der Waals surface area contributed by atoms with E-state index in [0.29, 0.717) is 16.9 Å². The van der Waals surface area contributed by atoms with E-state index < -0.39 is 0 Å². The average Bonchev–Trinajstić information content (AvgIpc) is 3.09. The van der Waals surface area contributed by atoms with Gasteiger partial charge in [0.05, 0.1) is 0 Å². The molecule has 1 unspecified atom stereocenters. The molecule has 2 saturated heterocycles.